The van der Waals surface area contributed by atoms with Crippen molar-refractivity contribution < 1.29 is 17.6 Å². The summed E-state index contributed by atoms with van der Waals surface area (Å²) in [5.74, 6) is -1.32. The minimum atomic E-state index is -4.16. The molecule has 0 aliphatic rings. The molecule has 7 heteroatoms. The van der Waals surface area contributed by atoms with Gasteiger partial charge in [-0.25, -0.2) is 12.8 Å². The highest BCUT2D eigenvalue weighted by molar-refractivity contribution is 7.89. The second-order valence-electron chi connectivity index (χ2n) is 5.19. The Morgan fingerprint density at radius 3 is 2.33 bits per heavy atom. The van der Waals surface area contributed by atoms with E-state index in [2.05, 4.69) is 10.0 Å². The Labute approximate surface area is 141 Å². The van der Waals surface area contributed by atoms with E-state index in [0.717, 1.165) is 17.7 Å². The minimum Gasteiger partial charge on any atom is -0.355 e. The van der Waals surface area contributed by atoms with Gasteiger partial charge in [0.15, 0.2) is 0 Å². The number of nitrogens with one attached hydrogen (secondary N) is 2. The number of rotatable bonds is 7. The number of amides is 1. The van der Waals surface area contributed by atoms with Crippen molar-refractivity contribution in [3.05, 3.63) is 66.0 Å². The Kier molecular flexibility index (Phi) is 6.05. The number of carbonyl (C=O) groups is 1. The Balaban J connectivity index is 2.27. The van der Waals surface area contributed by atoms with E-state index in [9.17, 15) is 17.6 Å². The molecule has 0 unspecified atom stereocenters. The second kappa shape index (κ2) is 8.03. The third kappa shape index (κ3) is 4.62. The molecule has 0 spiro atoms. The molecule has 0 heterocycles. The van der Waals surface area contributed by atoms with Crippen molar-refractivity contribution in [1.29, 1.82) is 0 Å². The molecule has 0 saturated carbocycles. The topological polar surface area (TPSA) is 75.3 Å². The van der Waals surface area contributed by atoms with Gasteiger partial charge in [0.05, 0.1) is 0 Å². The molecule has 2 aromatic rings. The molecule has 1 amide bonds. The van der Waals surface area contributed by atoms with Crippen LogP contribution in [0.2, 0.25) is 0 Å². The van der Waals surface area contributed by atoms with Crippen LogP contribution >= 0.6 is 0 Å². The van der Waals surface area contributed by atoms with E-state index in [4.69, 9.17) is 0 Å². The van der Waals surface area contributed by atoms with Crippen LogP contribution in [0.3, 0.4) is 0 Å². The van der Waals surface area contributed by atoms with E-state index in [0.29, 0.717) is 6.54 Å². The summed E-state index contributed by atoms with van der Waals surface area (Å²) in [5.41, 5.74) is 0.796. The molecule has 0 aliphatic heterocycles. The van der Waals surface area contributed by atoms with E-state index in [1.807, 2.05) is 6.07 Å². The summed E-state index contributed by atoms with van der Waals surface area (Å²) < 4.78 is 41.0. The summed E-state index contributed by atoms with van der Waals surface area (Å²) in [5, 5.41) is 2.59. The first kappa shape index (κ1) is 18.1. The fourth-order valence-electron chi connectivity index (χ4n) is 2.25. The van der Waals surface area contributed by atoms with Crippen LogP contribution in [0.1, 0.15) is 12.5 Å². The third-order valence-electron chi connectivity index (χ3n) is 3.37. The number of sulfonamides is 1. The van der Waals surface area contributed by atoms with Crippen LogP contribution in [-0.2, 0) is 21.2 Å². The van der Waals surface area contributed by atoms with Gasteiger partial charge in [0.2, 0.25) is 15.9 Å². The highest BCUT2D eigenvalue weighted by Crippen LogP contribution is 2.15. The molecule has 0 bridgehead atoms. The number of hydrogen-bond acceptors (Lipinski definition) is 3. The van der Waals surface area contributed by atoms with Crippen LogP contribution in [0.5, 0.6) is 0 Å². The summed E-state index contributed by atoms with van der Waals surface area (Å²) >= 11 is 0. The van der Waals surface area contributed by atoms with Crippen LogP contribution < -0.4 is 10.0 Å². The first-order chi connectivity index (χ1) is 11.4. The SMILES string of the molecule is CCNC(=O)[C@@H](Cc1ccccc1)NS(=O)(=O)c1ccccc1F. The summed E-state index contributed by atoms with van der Waals surface area (Å²) in [6.45, 7) is 2.11. The molecule has 24 heavy (non-hydrogen) atoms. The molecule has 0 aliphatic carbocycles. The number of likely N-dealkylation sites (N-methyl/N-ethyl adjacent to an activating group) is 1. The standard InChI is InChI=1S/C17H19FN2O3S/c1-2-19-17(21)15(12-13-8-4-3-5-9-13)20-24(22,23)16-11-7-6-10-14(16)18/h3-11,15,20H,2,12H2,1H3,(H,19,21)/t15-/m1/s1. The molecule has 128 valence electrons. The Hall–Kier alpha value is -2.25. The average molecular weight is 350 g/mol. The zero-order valence-electron chi connectivity index (χ0n) is 13.2. The number of halogens is 1. The first-order valence-corrected chi connectivity index (χ1v) is 9.01. The number of hydrogen-bond donors (Lipinski definition) is 2. The Bertz CT molecular complexity index is 794. The van der Waals surface area contributed by atoms with Gasteiger partial charge >= 0.3 is 0 Å². The van der Waals surface area contributed by atoms with Crippen molar-refractivity contribution >= 4 is 15.9 Å². The number of benzene rings is 2. The van der Waals surface area contributed by atoms with Crippen LogP contribution in [-0.4, -0.2) is 26.9 Å². The maximum Gasteiger partial charge on any atom is 0.244 e. The lowest BCUT2D eigenvalue weighted by Crippen LogP contribution is -2.48. The van der Waals surface area contributed by atoms with Crippen LogP contribution in [0.15, 0.2) is 59.5 Å². The normalized spacial score (nSPS) is 12.6. The highest BCUT2D eigenvalue weighted by atomic mass is 32.2. The Morgan fingerprint density at radius 1 is 1.08 bits per heavy atom. The predicted molar refractivity (Wildman–Crippen MR) is 89.3 cm³/mol. The fourth-order valence-corrected chi connectivity index (χ4v) is 3.52. The maximum absolute atomic E-state index is 13.8. The van der Waals surface area contributed by atoms with Gasteiger partial charge in [-0.15, -0.1) is 0 Å². The van der Waals surface area contributed by atoms with Crippen molar-refractivity contribution in [3.63, 3.8) is 0 Å². The first-order valence-electron chi connectivity index (χ1n) is 7.52. The third-order valence-corrected chi connectivity index (χ3v) is 4.88. The van der Waals surface area contributed by atoms with Crippen molar-refractivity contribution in [3.8, 4) is 0 Å². The van der Waals surface area contributed by atoms with Gasteiger partial charge in [-0.2, -0.15) is 4.72 Å². The van der Waals surface area contributed by atoms with E-state index >= 15 is 0 Å². The predicted octanol–water partition coefficient (Wildman–Crippen LogP) is 1.85. The van der Waals surface area contributed by atoms with E-state index in [1.165, 1.54) is 12.1 Å². The van der Waals surface area contributed by atoms with Gasteiger partial charge in [0.1, 0.15) is 16.8 Å². The molecule has 0 aromatic heterocycles. The smallest absolute Gasteiger partial charge is 0.244 e. The van der Waals surface area contributed by atoms with Crippen molar-refractivity contribution in [2.24, 2.45) is 0 Å². The lowest BCUT2D eigenvalue weighted by Gasteiger charge is -2.18. The summed E-state index contributed by atoms with van der Waals surface area (Å²) in [6.07, 6.45) is 0.167. The van der Waals surface area contributed by atoms with Crippen molar-refractivity contribution in [2.75, 3.05) is 6.54 Å². The lowest BCUT2D eigenvalue weighted by molar-refractivity contribution is -0.122. The second-order valence-corrected chi connectivity index (χ2v) is 6.87. The quantitative estimate of drug-likeness (QED) is 0.800. The summed E-state index contributed by atoms with van der Waals surface area (Å²) in [7, 11) is -4.16. The zero-order chi connectivity index (χ0) is 17.6. The largest absolute Gasteiger partial charge is 0.355 e. The highest BCUT2D eigenvalue weighted by Gasteiger charge is 2.27. The van der Waals surface area contributed by atoms with E-state index in [1.54, 1.807) is 31.2 Å². The van der Waals surface area contributed by atoms with Gasteiger partial charge in [-0.05, 0) is 31.0 Å². The Morgan fingerprint density at radius 2 is 1.71 bits per heavy atom. The molecule has 5 nitrogen and oxygen atoms in total. The van der Waals surface area contributed by atoms with Crippen molar-refractivity contribution in [1.82, 2.24) is 10.0 Å². The minimum absolute atomic E-state index is 0.167. The van der Waals surface area contributed by atoms with Gasteiger partial charge < -0.3 is 5.32 Å². The molecular formula is C17H19FN2O3S. The van der Waals surface area contributed by atoms with Gasteiger partial charge in [0, 0.05) is 6.54 Å². The molecular weight excluding hydrogens is 331 g/mol. The summed E-state index contributed by atoms with van der Waals surface area (Å²) in [4.78, 5) is 11.7. The van der Waals surface area contributed by atoms with Crippen molar-refractivity contribution in [2.45, 2.75) is 24.3 Å². The van der Waals surface area contributed by atoms with Crippen LogP contribution in [0, 0.1) is 5.82 Å². The molecule has 2 aromatic carbocycles. The van der Waals surface area contributed by atoms with Gasteiger partial charge in [-0.3, -0.25) is 4.79 Å². The van der Waals surface area contributed by atoms with Gasteiger partial charge in [0.25, 0.3) is 0 Å². The van der Waals surface area contributed by atoms with E-state index < -0.39 is 32.7 Å². The van der Waals surface area contributed by atoms with Gasteiger partial charge in [-0.1, -0.05) is 42.5 Å². The maximum atomic E-state index is 13.8. The van der Waals surface area contributed by atoms with Crippen LogP contribution in [0.25, 0.3) is 0 Å². The summed E-state index contributed by atoms with van der Waals surface area (Å²) in [6, 6.07) is 13.0. The molecule has 0 fully saturated rings. The fraction of sp³-hybridized carbons (Fsp3) is 0.235. The number of carbonyl (C=O) groups excluding carboxylic acids is 1. The zero-order valence-corrected chi connectivity index (χ0v) is 14.0. The monoisotopic (exact) mass is 350 g/mol. The molecule has 0 saturated heterocycles. The molecule has 0 radical (unpaired) electrons. The molecule has 2 N–H and O–H groups in total. The molecule has 1 atom stereocenters. The molecule has 2 rings (SSSR count). The van der Waals surface area contributed by atoms with Crippen LogP contribution in [0.4, 0.5) is 4.39 Å². The van der Waals surface area contributed by atoms with E-state index in [-0.39, 0.29) is 6.42 Å². The average Bonchev–Trinajstić information content (AvgIpc) is 2.55. The lowest BCUT2D eigenvalue weighted by atomic mass is 10.1.